The van der Waals surface area contributed by atoms with Gasteiger partial charge in [-0.05, 0) is 71.2 Å². The lowest BCUT2D eigenvalue weighted by atomic mass is 10.2. The van der Waals surface area contributed by atoms with Gasteiger partial charge in [0.05, 0.1) is 18.6 Å². The number of anilines is 5. The zero-order valence-electron chi connectivity index (χ0n) is 30.5. The minimum Gasteiger partial charge on any atom is -0.486 e. The van der Waals surface area contributed by atoms with Crippen LogP contribution in [-0.2, 0) is 0 Å². The molecule has 6 aromatic rings. The van der Waals surface area contributed by atoms with E-state index in [0.29, 0.717) is 79.7 Å². The summed E-state index contributed by atoms with van der Waals surface area (Å²) in [5.74, 6) is 2.41. The van der Waals surface area contributed by atoms with Crippen LogP contribution in [0, 0.1) is 17.5 Å². The molecule has 0 atom stereocenters. The number of nitrogens with one attached hydrogen (secondary N) is 1. The van der Waals surface area contributed by atoms with Crippen molar-refractivity contribution in [3.8, 4) is 34.5 Å². The number of hydrogen-bond donors (Lipinski definition) is 2. The normalized spacial score (nSPS) is 12.9. The van der Waals surface area contributed by atoms with Crippen LogP contribution in [0.4, 0.5) is 41.9 Å². The fourth-order valence-electron chi connectivity index (χ4n) is 5.01. The summed E-state index contributed by atoms with van der Waals surface area (Å²) in [6, 6.07) is 15.9. The van der Waals surface area contributed by atoms with Crippen LogP contribution >= 0.6 is 46.4 Å². The van der Waals surface area contributed by atoms with Gasteiger partial charge in [0.25, 0.3) is 0 Å². The molecule has 15 nitrogen and oxygen atoms in total. The van der Waals surface area contributed by atoms with Crippen molar-refractivity contribution in [3.05, 3.63) is 112 Å². The molecule has 0 radical (unpaired) electrons. The highest BCUT2D eigenvalue weighted by Gasteiger charge is 2.18. The van der Waals surface area contributed by atoms with Gasteiger partial charge in [0.2, 0.25) is 15.9 Å². The van der Waals surface area contributed by atoms with Crippen LogP contribution in [0.5, 0.6) is 34.5 Å². The van der Waals surface area contributed by atoms with Gasteiger partial charge >= 0.3 is 0 Å². The Labute approximate surface area is 354 Å². The average Bonchev–Trinajstić information content (AvgIpc) is 3.24. The molecule has 59 heavy (non-hydrogen) atoms. The predicted molar refractivity (Wildman–Crippen MR) is 214 cm³/mol. The number of nitrogens with zero attached hydrogens (tertiary/aromatic N) is 7. The standard InChI is InChI=1S/C13H11ClFN3O2.C12H9ClFN3O2.C8H9NO2.C4HCl2FN2/c1-18(12-9(15)7-16-13(14)17-12)8-2-3-10-11(6-8)20-5-4-19-10;13-12-15-6-8(14)11(17-12)16-7-1-2-9-10(5-7)19-4-3-18-9;9-6-1-2-7-8(5-6)11-4-3-10-7;5-3-2(7)1-8-4(6)9-3/h2-3,6-7H,4-5H2,1H3;1-2,5-6H,3-4H2,(H,15,16,17);1-2,5H,3-4,9H2;1H. The molecule has 0 aliphatic carbocycles. The minimum atomic E-state index is -0.666. The molecule has 3 N–H and O–H groups in total. The van der Waals surface area contributed by atoms with E-state index in [2.05, 4.69) is 35.2 Å². The van der Waals surface area contributed by atoms with Crippen molar-refractivity contribution in [2.45, 2.75) is 0 Å². The van der Waals surface area contributed by atoms with Crippen LogP contribution < -0.4 is 44.4 Å². The van der Waals surface area contributed by atoms with Gasteiger partial charge in [0, 0.05) is 42.3 Å². The minimum absolute atomic E-state index is 0.00852. The number of aromatic nitrogens is 6. The van der Waals surface area contributed by atoms with Crippen molar-refractivity contribution >= 4 is 75.1 Å². The number of nitrogens with two attached hydrogens (primary N) is 1. The number of fused-ring (bicyclic) bond motifs is 3. The molecule has 0 saturated carbocycles. The molecule has 6 heterocycles. The van der Waals surface area contributed by atoms with Crippen molar-refractivity contribution in [3.63, 3.8) is 0 Å². The summed E-state index contributed by atoms with van der Waals surface area (Å²) in [5.41, 5.74) is 7.58. The summed E-state index contributed by atoms with van der Waals surface area (Å²) in [5, 5.41) is 2.47. The van der Waals surface area contributed by atoms with Gasteiger partial charge in [-0.25, -0.2) is 33.1 Å². The van der Waals surface area contributed by atoms with Gasteiger partial charge in [-0.2, -0.15) is 9.97 Å². The summed E-state index contributed by atoms with van der Waals surface area (Å²) < 4.78 is 71.8. The molecule has 0 spiro atoms. The third-order valence-corrected chi connectivity index (χ3v) is 8.50. The Morgan fingerprint density at radius 3 is 1.63 bits per heavy atom. The van der Waals surface area contributed by atoms with Crippen molar-refractivity contribution < 1.29 is 41.6 Å². The molecule has 3 aliphatic heterocycles. The van der Waals surface area contributed by atoms with Crippen LogP contribution in [0.25, 0.3) is 0 Å². The molecule has 0 amide bonds. The summed E-state index contributed by atoms with van der Waals surface area (Å²) in [6.45, 7) is 3.26. The van der Waals surface area contributed by atoms with Crippen molar-refractivity contribution in [1.29, 1.82) is 0 Å². The van der Waals surface area contributed by atoms with Gasteiger partial charge in [-0.15, -0.1) is 0 Å². The summed E-state index contributed by atoms with van der Waals surface area (Å²) in [7, 11) is 1.69. The van der Waals surface area contributed by atoms with E-state index in [1.54, 1.807) is 60.5 Å². The second kappa shape index (κ2) is 20.1. The van der Waals surface area contributed by atoms with E-state index in [-0.39, 0.29) is 32.6 Å². The van der Waals surface area contributed by atoms with E-state index in [1.807, 2.05) is 6.07 Å². The zero-order chi connectivity index (χ0) is 41.9. The monoisotopic (exact) mass is 893 g/mol. The van der Waals surface area contributed by atoms with E-state index in [0.717, 1.165) is 30.1 Å². The Bertz CT molecular complexity index is 2410. The average molecular weight is 896 g/mol. The third kappa shape index (κ3) is 11.8. The largest absolute Gasteiger partial charge is 0.486 e. The van der Waals surface area contributed by atoms with E-state index in [1.165, 1.54) is 0 Å². The number of rotatable bonds is 4. The second-order valence-corrected chi connectivity index (χ2v) is 13.1. The molecule has 9 rings (SSSR count). The van der Waals surface area contributed by atoms with Gasteiger partial charge < -0.3 is 44.4 Å². The van der Waals surface area contributed by atoms with Crippen LogP contribution in [0.3, 0.4) is 0 Å². The number of hydrogen-bond acceptors (Lipinski definition) is 15. The van der Waals surface area contributed by atoms with Gasteiger partial charge in [0.1, 0.15) is 39.6 Å². The fourth-order valence-corrected chi connectivity index (χ4v) is 5.58. The fraction of sp³-hybridized carbons (Fsp3) is 0.189. The SMILES string of the molecule is CN(c1ccc2c(c1)OCCO2)c1nc(Cl)ncc1F.Fc1cnc(Cl)nc1Cl.Fc1cnc(Cl)nc1Nc1ccc2c(c1)OCCO2.Nc1ccc2c(c1)OCCO2. The predicted octanol–water partition coefficient (Wildman–Crippen LogP) is 8.55. The van der Waals surface area contributed by atoms with Gasteiger partial charge in [-0.3, -0.25) is 0 Å². The molecule has 22 heteroatoms. The number of nitrogen functional groups attached to an aromatic ring is 1. The topological polar surface area (TPSA) is 174 Å². The Balaban J connectivity index is 0.000000139. The molecule has 0 unspecified atom stereocenters. The molecule has 3 aromatic carbocycles. The van der Waals surface area contributed by atoms with Crippen LogP contribution in [0.15, 0.2) is 73.2 Å². The smallest absolute Gasteiger partial charge is 0.224 e. The molecular weight excluding hydrogens is 865 g/mol. The van der Waals surface area contributed by atoms with Crippen molar-refractivity contribution in [2.24, 2.45) is 0 Å². The maximum absolute atomic E-state index is 13.8. The van der Waals surface area contributed by atoms with Crippen molar-refractivity contribution in [2.75, 3.05) is 62.6 Å². The molecule has 3 aliphatic rings. The van der Waals surface area contributed by atoms with Crippen LogP contribution in [0.2, 0.25) is 21.0 Å². The first-order valence-corrected chi connectivity index (χ1v) is 18.6. The number of ether oxygens (including phenoxy) is 6. The second-order valence-electron chi connectivity index (χ2n) is 11.7. The van der Waals surface area contributed by atoms with Crippen molar-refractivity contribution in [1.82, 2.24) is 29.9 Å². The van der Waals surface area contributed by atoms with E-state index < -0.39 is 17.5 Å². The van der Waals surface area contributed by atoms with Gasteiger partial charge in [-0.1, -0.05) is 11.6 Å². The van der Waals surface area contributed by atoms with Gasteiger partial charge in [0.15, 0.2) is 68.7 Å². The first-order chi connectivity index (χ1) is 28.4. The Hall–Kier alpha value is -5.95. The summed E-state index contributed by atoms with van der Waals surface area (Å²) in [4.78, 5) is 23.0. The quantitative estimate of drug-likeness (QED) is 0.0978. The van der Waals surface area contributed by atoms with E-state index >= 15 is 0 Å². The lowest BCUT2D eigenvalue weighted by Gasteiger charge is -2.23. The first-order valence-electron chi connectivity index (χ1n) is 17.1. The molecular formula is C37H30Cl4F3N9O6. The zero-order valence-corrected chi connectivity index (χ0v) is 33.5. The first kappa shape index (κ1) is 42.7. The van der Waals surface area contributed by atoms with Crippen LogP contribution in [-0.4, -0.2) is 76.6 Å². The van der Waals surface area contributed by atoms with Crippen LogP contribution in [0.1, 0.15) is 0 Å². The number of halogens is 7. The lowest BCUT2D eigenvalue weighted by Crippen LogP contribution is -2.17. The maximum Gasteiger partial charge on any atom is 0.224 e. The molecule has 0 saturated heterocycles. The summed E-state index contributed by atoms with van der Waals surface area (Å²) in [6.07, 6.45) is 2.96. The number of benzene rings is 3. The highest BCUT2D eigenvalue weighted by molar-refractivity contribution is 6.31. The lowest BCUT2D eigenvalue weighted by molar-refractivity contribution is 0.171. The summed E-state index contributed by atoms with van der Waals surface area (Å²) >= 11 is 21.8. The third-order valence-electron chi connectivity index (χ3n) is 7.68. The highest BCUT2D eigenvalue weighted by Crippen LogP contribution is 2.37. The Morgan fingerprint density at radius 2 is 1.03 bits per heavy atom. The maximum atomic E-state index is 13.8. The highest BCUT2D eigenvalue weighted by atomic mass is 35.5. The molecule has 0 fully saturated rings. The van der Waals surface area contributed by atoms with E-state index in [4.69, 9.17) is 80.6 Å². The molecule has 3 aromatic heterocycles. The Kier molecular flexibility index (Phi) is 14.6. The molecule has 0 bridgehead atoms. The Morgan fingerprint density at radius 1 is 0.559 bits per heavy atom. The molecule has 308 valence electrons. The van der Waals surface area contributed by atoms with E-state index in [9.17, 15) is 13.2 Å².